The summed E-state index contributed by atoms with van der Waals surface area (Å²) in [5.74, 6) is -0.409. The summed E-state index contributed by atoms with van der Waals surface area (Å²) >= 11 is 0. The number of hydrogen-bond donors (Lipinski definition) is 2. The summed E-state index contributed by atoms with van der Waals surface area (Å²) < 4.78 is 0. The van der Waals surface area contributed by atoms with Crippen molar-refractivity contribution in [3.63, 3.8) is 0 Å². The molecule has 1 unspecified atom stereocenters. The molecule has 0 aromatic heterocycles. The van der Waals surface area contributed by atoms with Gasteiger partial charge in [0.05, 0.1) is 0 Å². The lowest BCUT2D eigenvalue weighted by atomic mass is 9.96. The number of amides is 3. The molecule has 7 nitrogen and oxygen atoms in total. The van der Waals surface area contributed by atoms with E-state index in [4.69, 9.17) is 5.73 Å². The van der Waals surface area contributed by atoms with Crippen LogP contribution in [0.3, 0.4) is 0 Å². The van der Waals surface area contributed by atoms with Gasteiger partial charge < -0.3 is 16.0 Å². The number of benzene rings is 2. The summed E-state index contributed by atoms with van der Waals surface area (Å²) in [5.41, 5.74) is 8.07. The van der Waals surface area contributed by atoms with E-state index in [0.29, 0.717) is 13.0 Å². The van der Waals surface area contributed by atoms with Crippen molar-refractivity contribution in [1.82, 2.24) is 9.80 Å². The molecule has 0 radical (unpaired) electrons. The van der Waals surface area contributed by atoms with E-state index in [1.807, 2.05) is 54.6 Å². The molecular formula is C26H32N4O3. The van der Waals surface area contributed by atoms with Crippen LogP contribution in [0, 0.1) is 5.92 Å². The molecule has 2 aromatic rings. The predicted molar refractivity (Wildman–Crippen MR) is 127 cm³/mol. The molecule has 0 bridgehead atoms. The van der Waals surface area contributed by atoms with Gasteiger partial charge in [-0.1, -0.05) is 42.5 Å². The number of carbonyl (C=O) groups excluding carboxylic acids is 3. The van der Waals surface area contributed by atoms with Crippen LogP contribution in [0.5, 0.6) is 0 Å². The molecule has 174 valence electrons. The smallest absolute Gasteiger partial charge is 0.251 e. The molecule has 3 N–H and O–H groups in total. The maximum atomic E-state index is 13.4. The zero-order valence-corrected chi connectivity index (χ0v) is 18.9. The minimum atomic E-state index is -0.643. The van der Waals surface area contributed by atoms with Crippen molar-refractivity contribution in [3.8, 4) is 0 Å². The van der Waals surface area contributed by atoms with Gasteiger partial charge in [-0.25, -0.2) is 0 Å². The number of nitrogens with two attached hydrogens (primary N) is 1. The Labute approximate surface area is 194 Å². The van der Waals surface area contributed by atoms with E-state index in [9.17, 15) is 14.4 Å². The van der Waals surface area contributed by atoms with Gasteiger partial charge in [-0.15, -0.1) is 0 Å². The van der Waals surface area contributed by atoms with Gasteiger partial charge in [-0.05, 0) is 62.0 Å². The number of primary amides is 1. The second-order valence-electron chi connectivity index (χ2n) is 9.00. The van der Waals surface area contributed by atoms with Gasteiger partial charge in [0.25, 0.3) is 5.91 Å². The number of rotatable bonds is 7. The van der Waals surface area contributed by atoms with E-state index in [1.54, 1.807) is 4.90 Å². The van der Waals surface area contributed by atoms with Crippen LogP contribution in [-0.4, -0.2) is 47.2 Å². The van der Waals surface area contributed by atoms with Crippen molar-refractivity contribution in [2.45, 2.75) is 44.7 Å². The Kier molecular flexibility index (Phi) is 7.40. The highest BCUT2D eigenvalue weighted by Gasteiger charge is 2.32. The molecule has 7 heteroatoms. The van der Waals surface area contributed by atoms with Crippen molar-refractivity contribution in [2.24, 2.45) is 11.7 Å². The normalized spacial score (nSPS) is 18.7. The molecule has 2 fully saturated rings. The van der Waals surface area contributed by atoms with Gasteiger partial charge in [-0.3, -0.25) is 19.3 Å². The van der Waals surface area contributed by atoms with E-state index in [2.05, 4.69) is 10.2 Å². The fourth-order valence-electron chi connectivity index (χ4n) is 4.80. The van der Waals surface area contributed by atoms with Crippen molar-refractivity contribution < 1.29 is 14.4 Å². The first-order valence-corrected chi connectivity index (χ1v) is 11.8. The minimum absolute atomic E-state index is 0.0263. The lowest BCUT2D eigenvalue weighted by molar-refractivity contribution is -0.141. The quantitative estimate of drug-likeness (QED) is 0.680. The van der Waals surface area contributed by atoms with Gasteiger partial charge in [0.15, 0.2) is 0 Å². The van der Waals surface area contributed by atoms with Gasteiger partial charge in [0.2, 0.25) is 11.8 Å². The number of nitrogens with one attached hydrogen (secondary N) is 1. The number of piperidine rings is 2. The first-order valence-electron chi connectivity index (χ1n) is 11.8. The summed E-state index contributed by atoms with van der Waals surface area (Å²) in [6, 6.07) is 16.7. The third-order valence-electron chi connectivity index (χ3n) is 6.63. The third-order valence-corrected chi connectivity index (χ3v) is 6.63. The van der Waals surface area contributed by atoms with E-state index in [-0.39, 0.29) is 23.6 Å². The highest BCUT2D eigenvalue weighted by molar-refractivity contribution is 5.98. The Morgan fingerprint density at radius 3 is 2.45 bits per heavy atom. The molecule has 0 spiro atoms. The second-order valence-corrected chi connectivity index (χ2v) is 9.00. The van der Waals surface area contributed by atoms with E-state index in [0.717, 1.165) is 62.1 Å². The van der Waals surface area contributed by atoms with Crippen LogP contribution in [-0.2, 0) is 20.9 Å². The van der Waals surface area contributed by atoms with Crippen LogP contribution in [0.25, 0.3) is 0 Å². The van der Waals surface area contributed by atoms with Crippen molar-refractivity contribution in [3.05, 3.63) is 65.7 Å². The van der Waals surface area contributed by atoms with Gasteiger partial charge >= 0.3 is 0 Å². The van der Waals surface area contributed by atoms with E-state index < -0.39 is 6.04 Å². The Hall–Kier alpha value is -3.19. The maximum Gasteiger partial charge on any atom is 0.251 e. The van der Waals surface area contributed by atoms with Crippen LogP contribution in [0.4, 0.5) is 5.69 Å². The van der Waals surface area contributed by atoms with Gasteiger partial charge in [-0.2, -0.15) is 0 Å². The van der Waals surface area contributed by atoms with E-state index >= 15 is 0 Å². The average Bonchev–Trinajstić information content (AvgIpc) is 2.82. The van der Waals surface area contributed by atoms with Crippen LogP contribution < -0.4 is 11.1 Å². The SMILES string of the molecule is NC(=O)C1CCN(Cc2cccc(NC(=O)C(c3ccccc3)N3CCCCC3=O)c2)CC1. The average molecular weight is 449 g/mol. The topological polar surface area (TPSA) is 95.7 Å². The first-order chi connectivity index (χ1) is 16.0. The van der Waals surface area contributed by atoms with Crippen LogP contribution in [0.15, 0.2) is 54.6 Å². The Morgan fingerprint density at radius 1 is 1.00 bits per heavy atom. The van der Waals surface area contributed by atoms with Crippen LogP contribution in [0.2, 0.25) is 0 Å². The monoisotopic (exact) mass is 448 g/mol. The molecule has 33 heavy (non-hydrogen) atoms. The van der Waals surface area contributed by atoms with Crippen molar-refractivity contribution >= 4 is 23.4 Å². The standard InChI is InChI=1S/C26H32N4O3/c27-25(32)21-12-15-29(16-13-21)18-19-7-6-10-22(17-19)28-26(33)24(20-8-2-1-3-9-20)30-14-5-4-11-23(30)31/h1-3,6-10,17,21,24H,4-5,11-16,18H2,(H2,27,32)(H,28,33). The van der Waals surface area contributed by atoms with Crippen LogP contribution in [0.1, 0.15) is 49.3 Å². The summed E-state index contributed by atoms with van der Waals surface area (Å²) in [5, 5.41) is 3.05. The van der Waals surface area contributed by atoms with Gasteiger partial charge in [0.1, 0.15) is 6.04 Å². The Bertz CT molecular complexity index is 986. The molecular weight excluding hydrogens is 416 g/mol. The molecule has 2 heterocycles. The van der Waals surface area contributed by atoms with E-state index in [1.165, 1.54) is 0 Å². The largest absolute Gasteiger partial charge is 0.369 e. The lowest BCUT2D eigenvalue weighted by Gasteiger charge is -2.34. The molecule has 2 aliphatic heterocycles. The summed E-state index contributed by atoms with van der Waals surface area (Å²) in [6.07, 6.45) is 3.84. The summed E-state index contributed by atoms with van der Waals surface area (Å²) in [6.45, 7) is 3.00. The highest BCUT2D eigenvalue weighted by Crippen LogP contribution is 2.27. The maximum absolute atomic E-state index is 13.4. The number of anilines is 1. The number of hydrogen-bond acceptors (Lipinski definition) is 4. The van der Waals surface area contributed by atoms with Crippen molar-refractivity contribution in [1.29, 1.82) is 0 Å². The number of carbonyl (C=O) groups is 3. The second kappa shape index (κ2) is 10.6. The zero-order chi connectivity index (χ0) is 23.2. The molecule has 2 saturated heterocycles. The highest BCUT2D eigenvalue weighted by atomic mass is 16.2. The zero-order valence-electron chi connectivity index (χ0n) is 18.9. The Balaban J connectivity index is 1.45. The molecule has 0 aliphatic carbocycles. The predicted octanol–water partition coefficient (Wildman–Crippen LogP) is 3.08. The molecule has 2 aromatic carbocycles. The molecule has 2 aliphatic rings. The molecule has 4 rings (SSSR count). The number of likely N-dealkylation sites (tertiary alicyclic amines) is 2. The van der Waals surface area contributed by atoms with Crippen molar-refractivity contribution in [2.75, 3.05) is 25.0 Å². The molecule has 3 amide bonds. The third kappa shape index (κ3) is 5.79. The lowest BCUT2D eigenvalue weighted by Crippen LogP contribution is -2.43. The fourth-order valence-corrected chi connectivity index (χ4v) is 4.80. The number of nitrogens with zero attached hydrogens (tertiary/aromatic N) is 2. The summed E-state index contributed by atoms with van der Waals surface area (Å²) in [4.78, 5) is 41.4. The molecule has 1 atom stereocenters. The first kappa shape index (κ1) is 23.0. The van der Waals surface area contributed by atoms with Gasteiger partial charge in [0, 0.05) is 31.1 Å². The van der Waals surface area contributed by atoms with Crippen LogP contribution >= 0.6 is 0 Å². The summed E-state index contributed by atoms with van der Waals surface area (Å²) in [7, 11) is 0. The Morgan fingerprint density at radius 2 is 1.76 bits per heavy atom. The fraction of sp³-hybridized carbons (Fsp3) is 0.423. The molecule has 0 saturated carbocycles. The minimum Gasteiger partial charge on any atom is -0.369 e.